The van der Waals surface area contributed by atoms with E-state index in [4.69, 9.17) is 4.74 Å². The zero-order valence-electron chi connectivity index (χ0n) is 26.5. The van der Waals surface area contributed by atoms with Crippen molar-refractivity contribution in [1.82, 2.24) is 10.2 Å². The molecule has 10 heteroatoms. The normalized spacial score (nSPS) is 12.0. The molecule has 0 fully saturated rings. The summed E-state index contributed by atoms with van der Waals surface area (Å²) >= 11 is 3.51. The molecule has 0 saturated carbocycles. The van der Waals surface area contributed by atoms with Crippen LogP contribution in [-0.2, 0) is 32.6 Å². The third-order valence-electron chi connectivity index (χ3n) is 7.44. The van der Waals surface area contributed by atoms with E-state index in [0.29, 0.717) is 12.3 Å². The zero-order chi connectivity index (χ0) is 33.3. The number of hydrogen-bond donors (Lipinski definition) is 1. The lowest BCUT2D eigenvalue weighted by atomic mass is 10.0. The molecule has 0 saturated heterocycles. The maximum absolute atomic E-state index is 14.6. The summed E-state index contributed by atoms with van der Waals surface area (Å²) in [5, 5.41) is 3.01. The molecule has 0 aromatic heterocycles. The molecule has 0 bridgehead atoms. The van der Waals surface area contributed by atoms with Crippen LogP contribution in [0.15, 0.2) is 112 Å². The number of sulfonamides is 1. The monoisotopic (exact) mass is 705 g/mol. The number of carbonyl (C=O) groups excluding carboxylic acids is 2. The number of benzene rings is 4. The van der Waals surface area contributed by atoms with Crippen LogP contribution in [0.1, 0.15) is 30.5 Å². The summed E-state index contributed by atoms with van der Waals surface area (Å²) in [5.41, 5.74) is 2.76. The van der Waals surface area contributed by atoms with E-state index >= 15 is 0 Å². The van der Waals surface area contributed by atoms with Crippen LogP contribution < -0.4 is 14.4 Å². The Kier molecular flexibility index (Phi) is 12.0. The molecule has 46 heavy (non-hydrogen) atoms. The van der Waals surface area contributed by atoms with Gasteiger partial charge in [0, 0.05) is 24.0 Å². The molecule has 0 radical (unpaired) electrons. The van der Waals surface area contributed by atoms with E-state index in [2.05, 4.69) is 21.2 Å². The molecule has 8 nitrogen and oxygen atoms in total. The van der Waals surface area contributed by atoms with Gasteiger partial charge in [0.1, 0.15) is 18.3 Å². The first-order chi connectivity index (χ1) is 22.0. The minimum atomic E-state index is -4.24. The highest BCUT2D eigenvalue weighted by atomic mass is 79.9. The molecular formula is C36H40BrN3O5S. The Hall–Kier alpha value is -4.15. The number of hydrogen-bond acceptors (Lipinski definition) is 5. The fourth-order valence-corrected chi connectivity index (χ4v) is 6.87. The Bertz CT molecular complexity index is 1730. The Morgan fingerprint density at radius 2 is 1.52 bits per heavy atom. The van der Waals surface area contributed by atoms with Crippen molar-refractivity contribution < 1.29 is 22.7 Å². The van der Waals surface area contributed by atoms with E-state index in [1.165, 1.54) is 24.1 Å². The molecule has 1 atom stereocenters. The number of rotatable bonds is 14. The number of carbonyl (C=O) groups is 2. The second-order valence-electron chi connectivity index (χ2n) is 11.5. The maximum Gasteiger partial charge on any atom is 0.264 e. The molecule has 1 unspecified atom stereocenters. The van der Waals surface area contributed by atoms with Gasteiger partial charge in [-0.1, -0.05) is 102 Å². The van der Waals surface area contributed by atoms with E-state index in [-0.39, 0.29) is 35.4 Å². The van der Waals surface area contributed by atoms with Crippen LogP contribution in [0.2, 0.25) is 0 Å². The summed E-state index contributed by atoms with van der Waals surface area (Å²) in [5.74, 6) is -0.371. The summed E-state index contributed by atoms with van der Waals surface area (Å²) < 4.78 is 36.0. The van der Waals surface area contributed by atoms with Gasteiger partial charge in [-0.25, -0.2) is 8.42 Å². The van der Waals surface area contributed by atoms with Gasteiger partial charge in [0.05, 0.1) is 17.7 Å². The van der Waals surface area contributed by atoms with Gasteiger partial charge in [-0.15, -0.1) is 0 Å². The minimum Gasteiger partial charge on any atom is -0.495 e. The van der Waals surface area contributed by atoms with Gasteiger partial charge in [-0.2, -0.15) is 0 Å². The minimum absolute atomic E-state index is 0.0332. The molecule has 4 aromatic carbocycles. The zero-order valence-corrected chi connectivity index (χ0v) is 28.9. The Morgan fingerprint density at radius 3 is 2.17 bits per heavy atom. The van der Waals surface area contributed by atoms with E-state index in [9.17, 15) is 18.0 Å². The average molecular weight is 707 g/mol. The largest absolute Gasteiger partial charge is 0.495 e. The topological polar surface area (TPSA) is 96.0 Å². The SMILES string of the molecule is COc1ccccc1N(CC(=O)N(Cc1cccc(Br)c1)C(Cc1ccccc1)C(=O)NCC(C)C)S(=O)(=O)c1ccc(C)cc1. The standard InChI is InChI=1S/C36H40BrN3O5S/c1-26(2)23-38-36(42)33(22-28-11-6-5-7-12-28)39(24-29-13-10-14-30(37)21-29)35(41)25-40(32-15-8-9-16-34(32)45-4)46(43,44)31-19-17-27(3)18-20-31/h5-21,26,33H,22-25H2,1-4H3,(H,38,42). The lowest BCUT2D eigenvalue weighted by Gasteiger charge is -2.34. The van der Waals surface area contributed by atoms with E-state index in [1.54, 1.807) is 36.4 Å². The summed E-state index contributed by atoms with van der Waals surface area (Å²) in [7, 11) is -2.79. The van der Waals surface area contributed by atoms with E-state index in [1.807, 2.05) is 75.4 Å². The fourth-order valence-electron chi connectivity index (χ4n) is 5.00. The first kappa shape index (κ1) is 34.7. The quantitative estimate of drug-likeness (QED) is 0.164. The predicted octanol–water partition coefficient (Wildman–Crippen LogP) is 6.37. The van der Waals surface area contributed by atoms with Crippen LogP contribution in [0.5, 0.6) is 5.75 Å². The Labute approximate surface area is 280 Å². The van der Waals surface area contributed by atoms with Gasteiger partial charge in [0.25, 0.3) is 10.0 Å². The first-order valence-electron chi connectivity index (χ1n) is 15.1. The fraction of sp³-hybridized carbons (Fsp3) is 0.278. The number of ether oxygens (including phenoxy) is 1. The molecule has 1 N–H and O–H groups in total. The molecule has 242 valence electrons. The third-order valence-corrected chi connectivity index (χ3v) is 9.71. The smallest absolute Gasteiger partial charge is 0.264 e. The summed E-state index contributed by atoms with van der Waals surface area (Å²) in [6.45, 7) is 5.81. The van der Waals surface area contributed by atoms with Crippen molar-refractivity contribution >= 4 is 43.5 Å². The molecule has 4 rings (SSSR count). The van der Waals surface area contributed by atoms with Crippen molar-refractivity contribution in [3.05, 3.63) is 124 Å². The molecule has 2 amide bonds. The second-order valence-corrected chi connectivity index (χ2v) is 14.3. The number of para-hydroxylation sites is 2. The van der Waals surface area contributed by atoms with Crippen molar-refractivity contribution in [3.63, 3.8) is 0 Å². The number of nitrogens with zero attached hydrogens (tertiary/aromatic N) is 2. The van der Waals surface area contributed by atoms with E-state index in [0.717, 1.165) is 25.5 Å². The van der Waals surface area contributed by atoms with Gasteiger partial charge < -0.3 is 15.0 Å². The molecule has 4 aromatic rings. The van der Waals surface area contributed by atoms with Crippen molar-refractivity contribution in [2.45, 2.75) is 44.7 Å². The van der Waals surface area contributed by atoms with Gasteiger partial charge in [0.2, 0.25) is 11.8 Å². The molecular weight excluding hydrogens is 666 g/mol. The number of anilines is 1. The summed E-state index contributed by atoms with van der Waals surface area (Å²) in [6, 6.07) is 29.2. The summed E-state index contributed by atoms with van der Waals surface area (Å²) in [4.78, 5) is 30.0. The van der Waals surface area contributed by atoms with Crippen molar-refractivity contribution in [3.8, 4) is 5.75 Å². The van der Waals surface area contributed by atoms with E-state index < -0.39 is 28.5 Å². The van der Waals surface area contributed by atoms with Gasteiger partial charge in [-0.3, -0.25) is 13.9 Å². The Balaban J connectivity index is 1.83. The van der Waals surface area contributed by atoms with Crippen LogP contribution >= 0.6 is 15.9 Å². The lowest BCUT2D eigenvalue weighted by molar-refractivity contribution is -0.140. The third kappa shape index (κ3) is 8.98. The second kappa shape index (κ2) is 15.9. The van der Waals surface area contributed by atoms with Crippen LogP contribution in [0.4, 0.5) is 5.69 Å². The number of methoxy groups -OCH3 is 1. The molecule has 0 aliphatic heterocycles. The number of nitrogens with one attached hydrogen (secondary N) is 1. The highest BCUT2D eigenvalue weighted by molar-refractivity contribution is 9.10. The van der Waals surface area contributed by atoms with Crippen LogP contribution in [0.25, 0.3) is 0 Å². The lowest BCUT2D eigenvalue weighted by Crippen LogP contribution is -2.53. The average Bonchev–Trinajstić information content (AvgIpc) is 3.04. The van der Waals surface area contributed by atoms with Gasteiger partial charge >= 0.3 is 0 Å². The highest BCUT2D eigenvalue weighted by Gasteiger charge is 2.35. The maximum atomic E-state index is 14.6. The first-order valence-corrected chi connectivity index (χ1v) is 17.3. The molecule has 0 heterocycles. The van der Waals surface area contributed by atoms with Gasteiger partial charge in [0.15, 0.2) is 0 Å². The van der Waals surface area contributed by atoms with Crippen LogP contribution in [0, 0.1) is 12.8 Å². The highest BCUT2D eigenvalue weighted by Crippen LogP contribution is 2.33. The summed E-state index contributed by atoms with van der Waals surface area (Å²) in [6.07, 6.45) is 0.240. The van der Waals surface area contributed by atoms with Crippen molar-refractivity contribution in [2.24, 2.45) is 5.92 Å². The van der Waals surface area contributed by atoms with Crippen LogP contribution in [0.3, 0.4) is 0 Å². The van der Waals surface area contributed by atoms with Crippen molar-refractivity contribution in [1.29, 1.82) is 0 Å². The van der Waals surface area contributed by atoms with Crippen LogP contribution in [-0.4, -0.2) is 51.4 Å². The number of amides is 2. The Morgan fingerprint density at radius 1 is 0.870 bits per heavy atom. The molecule has 0 aliphatic carbocycles. The molecule has 0 spiro atoms. The van der Waals surface area contributed by atoms with Gasteiger partial charge in [-0.05, 0) is 60.4 Å². The number of aryl methyl sites for hydroxylation is 1. The van der Waals surface area contributed by atoms with Crippen molar-refractivity contribution in [2.75, 3.05) is 24.5 Å². The number of halogens is 1. The molecule has 0 aliphatic rings. The predicted molar refractivity (Wildman–Crippen MR) is 185 cm³/mol.